The van der Waals surface area contributed by atoms with E-state index in [4.69, 9.17) is 0 Å². The van der Waals surface area contributed by atoms with Gasteiger partial charge in [0.1, 0.15) is 0 Å². The maximum atomic E-state index is 9.98. The van der Waals surface area contributed by atoms with E-state index in [-0.39, 0.29) is 6.10 Å². The number of aliphatic hydroxyl groups excluding tert-OH is 1. The molecule has 0 spiro atoms. The van der Waals surface area contributed by atoms with Gasteiger partial charge in [-0.05, 0) is 30.8 Å². The number of aryl methyl sites for hydroxylation is 1. The van der Waals surface area contributed by atoms with Crippen molar-refractivity contribution in [1.82, 2.24) is 9.59 Å². The van der Waals surface area contributed by atoms with Crippen molar-refractivity contribution >= 4 is 11.5 Å². The summed E-state index contributed by atoms with van der Waals surface area (Å²) >= 11 is 1.33. The van der Waals surface area contributed by atoms with Gasteiger partial charge in [0.2, 0.25) is 0 Å². The lowest BCUT2D eigenvalue weighted by molar-refractivity contribution is 0.147. The summed E-state index contributed by atoms with van der Waals surface area (Å²) in [6.45, 7) is 1.91. The molecule has 2 rings (SSSR count). The molecule has 1 heterocycles. The first-order valence-electron chi connectivity index (χ1n) is 5.24. The molecule has 1 aliphatic rings. The maximum absolute atomic E-state index is 9.98. The second kappa shape index (κ2) is 4.36. The second-order valence-corrected chi connectivity index (χ2v) is 4.91. The van der Waals surface area contributed by atoms with Gasteiger partial charge in [-0.15, -0.1) is 5.10 Å². The zero-order valence-corrected chi connectivity index (χ0v) is 9.26. The van der Waals surface area contributed by atoms with Gasteiger partial charge >= 0.3 is 0 Å². The summed E-state index contributed by atoms with van der Waals surface area (Å²) in [7, 11) is 0. The normalized spacial score (nSPS) is 20.1. The topological polar surface area (TPSA) is 46.0 Å². The van der Waals surface area contributed by atoms with Gasteiger partial charge in [0.15, 0.2) is 0 Å². The van der Waals surface area contributed by atoms with Crippen LogP contribution in [0.15, 0.2) is 0 Å². The zero-order chi connectivity index (χ0) is 9.97. The molecule has 1 saturated carbocycles. The molecule has 14 heavy (non-hydrogen) atoms. The van der Waals surface area contributed by atoms with Crippen LogP contribution in [0.4, 0.5) is 0 Å². The molecule has 0 radical (unpaired) electrons. The molecule has 3 nitrogen and oxygen atoms in total. The van der Waals surface area contributed by atoms with Crippen LogP contribution in [0.5, 0.6) is 0 Å². The number of hydrogen-bond acceptors (Lipinski definition) is 4. The molecule has 1 aliphatic carbocycles. The smallest absolute Gasteiger partial charge is 0.0919 e. The Hall–Kier alpha value is -0.480. The number of hydrogen-bond donors (Lipinski definition) is 1. The molecule has 1 aromatic rings. The SMILES string of the molecule is Cc1nnsc1C(O)CC1CCCC1. The van der Waals surface area contributed by atoms with Crippen molar-refractivity contribution in [3.8, 4) is 0 Å². The molecule has 1 N–H and O–H groups in total. The number of nitrogens with zero attached hydrogens (tertiary/aromatic N) is 2. The third kappa shape index (κ3) is 2.12. The number of aromatic nitrogens is 2. The first-order chi connectivity index (χ1) is 6.77. The first-order valence-corrected chi connectivity index (χ1v) is 6.01. The minimum absolute atomic E-state index is 0.335. The maximum Gasteiger partial charge on any atom is 0.0919 e. The lowest BCUT2D eigenvalue weighted by Gasteiger charge is -2.13. The number of aliphatic hydroxyl groups is 1. The van der Waals surface area contributed by atoms with Crippen molar-refractivity contribution in [2.45, 2.75) is 45.1 Å². The highest BCUT2D eigenvalue weighted by Crippen LogP contribution is 2.34. The van der Waals surface area contributed by atoms with Gasteiger partial charge in [0, 0.05) is 0 Å². The zero-order valence-electron chi connectivity index (χ0n) is 8.44. The van der Waals surface area contributed by atoms with Crippen molar-refractivity contribution in [3.63, 3.8) is 0 Å². The highest BCUT2D eigenvalue weighted by atomic mass is 32.1. The Kier molecular flexibility index (Phi) is 3.13. The lowest BCUT2D eigenvalue weighted by atomic mass is 9.99. The summed E-state index contributed by atoms with van der Waals surface area (Å²) in [6.07, 6.45) is 5.78. The van der Waals surface area contributed by atoms with Crippen molar-refractivity contribution < 1.29 is 5.11 Å². The van der Waals surface area contributed by atoms with E-state index in [1.165, 1.54) is 37.2 Å². The predicted octanol–water partition coefficient (Wildman–Crippen LogP) is 2.46. The van der Waals surface area contributed by atoms with E-state index >= 15 is 0 Å². The van der Waals surface area contributed by atoms with Gasteiger partial charge in [-0.25, -0.2) is 0 Å². The molecule has 0 amide bonds. The highest BCUT2D eigenvalue weighted by molar-refractivity contribution is 7.05. The van der Waals surface area contributed by atoms with Crippen molar-refractivity contribution in [3.05, 3.63) is 10.6 Å². The third-order valence-corrected chi connectivity index (χ3v) is 3.95. The fraction of sp³-hybridized carbons (Fsp3) is 0.800. The first kappa shape index (κ1) is 10.1. The van der Waals surface area contributed by atoms with E-state index in [9.17, 15) is 5.11 Å². The summed E-state index contributed by atoms with van der Waals surface area (Å²) in [5, 5.41) is 13.9. The fourth-order valence-corrected chi connectivity index (χ4v) is 2.85. The third-order valence-electron chi connectivity index (χ3n) is 3.02. The largest absolute Gasteiger partial charge is 0.387 e. The Morgan fingerprint density at radius 2 is 2.21 bits per heavy atom. The van der Waals surface area contributed by atoms with Gasteiger partial charge in [-0.2, -0.15) is 0 Å². The molecule has 1 unspecified atom stereocenters. The standard InChI is InChI=1S/C10H16N2OS/c1-7-10(14-12-11-7)9(13)6-8-4-2-3-5-8/h8-9,13H,2-6H2,1H3. The average molecular weight is 212 g/mol. The number of rotatable bonds is 3. The summed E-state index contributed by atoms with van der Waals surface area (Å²) < 4.78 is 3.85. The molecule has 0 saturated heterocycles. The van der Waals surface area contributed by atoms with Gasteiger partial charge < -0.3 is 5.11 Å². The Labute approximate surface area is 88.3 Å². The highest BCUT2D eigenvalue weighted by Gasteiger charge is 2.22. The molecule has 78 valence electrons. The van der Waals surface area contributed by atoms with Crippen LogP contribution < -0.4 is 0 Å². The van der Waals surface area contributed by atoms with Gasteiger partial charge in [0.25, 0.3) is 0 Å². The summed E-state index contributed by atoms with van der Waals surface area (Å²) in [5.74, 6) is 0.714. The molecule has 4 heteroatoms. The summed E-state index contributed by atoms with van der Waals surface area (Å²) in [5.41, 5.74) is 0.889. The quantitative estimate of drug-likeness (QED) is 0.837. The monoisotopic (exact) mass is 212 g/mol. The minimum Gasteiger partial charge on any atom is -0.387 e. The Morgan fingerprint density at radius 3 is 2.79 bits per heavy atom. The minimum atomic E-state index is -0.335. The summed E-state index contributed by atoms with van der Waals surface area (Å²) in [4.78, 5) is 0.955. The molecule has 1 aromatic heterocycles. The molecule has 1 atom stereocenters. The van der Waals surface area contributed by atoms with Gasteiger partial charge in [-0.3, -0.25) is 0 Å². The van der Waals surface area contributed by atoms with Crippen molar-refractivity contribution in [1.29, 1.82) is 0 Å². The van der Waals surface area contributed by atoms with E-state index in [1.54, 1.807) is 0 Å². The van der Waals surface area contributed by atoms with Crippen LogP contribution in [0, 0.1) is 12.8 Å². The van der Waals surface area contributed by atoms with Crippen LogP contribution in [0.2, 0.25) is 0 Å². The van der Waals surface area contributed by atoms with E-state index in [1.807, 2.05) is 6.92 Å². The van der Waals surface area contributed by atoms with E-state index in [0.717, 1.165) is 17.0 Å². The van der Waals surface area contributed by atoms with E-state index in [0.29, 0.717) is 5.92 Å². The van der Waals surface area contributed by atoms with E-state index in [2.05, 4.69) is 9.59 Å². The Balaban J connectivity index is 1.95. The molecule has 0 aliphatic heterocycles. The molecule has 0 aromatic carbocycles. The molecule has 1 fully saturated rings. The van der Waals surface area contributed by atoms with Crippen molar-refractivity contribution in [2.75, 3.05) is 0 Å². The van der Waals surface area contributed by atoms with Crippen LogP contribution >= 0.6 is 11.5 Å². The average Bonchev–Trinajstić information content (AvgIpc) is 2.75. The second-order valence-electron chi connectivity index (χ2n) is 4.12. The fourth-order valence-electron chi connectivity index (χ4n) is 2.21. The lowest BCUT2D eigenvalue weighted by Crippen LogP contribution is -2.03. The molecular weight excluding hydrogens is 196 g/mol. The predicted molar refractivity (Wildman–Crippen MR) is 56.2 cm³/mol. The van der Waals surface area contributed by atoms with Gasteiger partial charge in [-0.1, -0.05) is 30.2 Å². The van der Waals surface area contributed by atoms with Crippen LogP contribution in [-0.2, 0) is 0 Å². The molecule has 0 bridgehead atoms. The van der Waals surface area contributed by atoms with E-state index < -0.39 is 0 Å². The molecular formula is C10H16N2OS. The van der Waals surface area contributed by atoms with Crippen molar-refractivity contribution in [2.24, 2.45) is 5.92 Å². The van der Waals surface area contributed by atoms with Crippen LogP contribution in [-0.4, -0.2) is 14.7 Å². The van der Waals surface area contributed by atoms with Crippen LogP contribution in [0.25, 0.3) is 0 Å². The Bertz CT molecular complexity index is 294. The Morgan fingerprint density at radius 1 is 1.50 bits per heavy atom. The van der Waals surface area contributed by atoms with Crippen LogP contribution in [0.1, 0.15) is 48.8 Å². The van der Waals surface area contributed by atoms with Crippen LogP contribution in [0.3, 0.4) is 0 Å². The van der Waals surface area contributed by atoms with Gasteiger partial charge in [0.05, 0.1) is 16.7 Å². The summed E-state index contributed by atoms with van der Waals surface area (Å²) in [6, 6.07) is 0.